The van der Waals surface area contributed by atoms with Crippen molar-refractivity contribution < 1.29 is 80.2 Å². The van der Waals surface area contributed by atoms with Gasteiger partial charge in [-0.2, -0.15) is 0 Å². The summed E-state index contributed by atoms with van der Waals surface area (Å²) in [7, 11) is -9.90. The van der Waals surface area contributed by atoms with E-state index >= 15 is 0 Å². The first kappa shape index (κ1) is 94.1. The average Bonchev–Trinajstić information content (AvgIpc) is 1.15. The van der Waals surface area contributed by atoms with Crippen molar-refractivity contribution in [2.45, 2.75) is 431 Å². The van der Waals surface area contributed by atoms with Crippen molar-refractivity contribution in [3.8, 4) is 0 Å². The number of ether oxygens (including phenoxy) is 4. The summed E-state index contributed by atoms with van der Waals surface area (Å²) in [5, 5.41) is 10.6. The van der Waals surface area contributed by atoms with Crippen molar-refractivity contribution in [3.63, 3.8) is 0 Å². The van der Waals surface area contributed by atoms with Gasteiger partial charge >= 0.3 is 39.5 Å². The second-order valence-corrected chi connectivity index (χ2v) is 30.7. The number of carbonyl (C=O) groups is 4. The van der Waals surface area contributed by atoms with Gasteiger partial charge in [-0.3, -0.25) is 37.3 Å². The third kappa shape index (κ3) is 70.5. The Morgan fingerprint density at radius 2 is 0.417 bits per heavy atom. The summed E-state index contributed by atoms with van der Waals surface area (Å²) in [4.78, 5) is 72.7. The van der Waals surface area contributed by atoms with Crippen LogP contribution in [0.25, 0.3) is 0 Å². The summed E-state index contributed by atoms with van der Waals surface area (Å²) >= 11 is 0. The zero-order valence-corrected chi connectivity index (χ0v) is 64.1. The SMILES string of the molecule is CCCCCCCCCCCCCCCCCCCCCC(=O)OC[C@H](COP(=O)(O)OC[C@@H](O)COP(=O)(O)OC[C@@H](COC(=O)CCCCCCCCCCC)OC(=O)CCCCCCCCCCC)OC(=O)CCCCCCCCCCCCCCCCCCCCC. The molecule has 0 aliphatic rings. The van der Waals surface area contributed by atoms with Crippen LogP contribution in [0, 0.1) is 0 Å². The molecular formula is C77H150O17P2. The fraction of sp³-hybridized carbons (Fsp3) is 0.948. The predicted octanol–water partition coefficient (Wildman–Crippen LogP) is 23.0. The fourth-order valence-corrected chi connectivity index (χ4v) is 13.5. The third-order valence-electron chi connectivity index (χ3n) is 18.1. The molecule has 5 atom stereocenters. The Balaban J connectivity index is 5.17. The first-order chi connectivity index (χ1) is 46.7. The first-order valence-corrected chi connectivity index (χ1v) is 43.3. The number of unbranched alkanes of at least 4 members (excludes halogenated alkanes) is 52. The highest BCUT2D eigenvalue weighted by atomic mass is 31.2. The lowest BCUT2D eigenvalue weighted by molar-refractivity contribution is -0.161. The molecule has 3 N–H and O–H groups in total. The molecule has 17 nitrogen and oxygen atoms in total. The van der Waals surface area contributed by atoms with Crippen LogP contribution in [0.3, 0.4) is 0 Å². The van der Waals surface area contributed by atoms with Crippen molar-refractivity contribution in [1.29, 1.82) is 0 Å². The zero-order valence-electron chi connectivity index (χ0n) is 62.4. The molecule has 0 heterocycles. The fourth-order valence-electron chi connectivity index (χ4n) is 11.9. The van der Waals surface area contributed by atoms with E-state index in [1.807, 2.05) is 0 Å². The molecule has 2 unspecified atom stereocenters. The number of carbonyl (C=O) groups excluding carboxylic acids is 4. The minimum atomic E-state index is -4.96. The molecule has 0 spiro atoms. The molecule has 0 saturated heterocycles. The minimum Gasteiger partial charge on any atom is -0.462 e. The smallest absolute Gasteiger partial charge is 0.462 e. The highest BCUT2D eigenvalue weighted by molar-refractivity contribution is 7.47. The molecule has 0 amide bonds. The van der Waals surface area contributed by atoms with Crippen LogP contribution < -0.4 is 0 Å². The van der Waals surface area contributed by atoms with Gasteiger partial charge in [0.05, 0.1) is 26.4 Å². The zero-order chi connectivity index (χ0) is 70.4. The summed E-state index contributed by atoms with van der Waals surface area (Å²) in [5.74, 6) is -2.11. The number of hydrogen-bond acceptors (Lipinski definition) is 15. The van der Waals surface area contributed by atoms with Crippen LogP contribution in [-0.2, 0) is 65.4 Å². The summed E-state index contributed by atoms with van der Waals surface area (Å²) in [6, 6.07) is 0. The quantitative estimate of drug-likeness (QED) is 0.0222. The van der Waals surface area contributed by atoms with Crippen LogP contribution in [0.5, 0.6) is 0 Å². The van der Waals surface area contributed by atoms with Gasteiger partial charge in [0, 0.05) is 25.7 Å². The normalized spacial score (nSPS) is 13.9. The summed E-state index contributed by atoms with van der Waals surface area (Å²) in [6.07, 6.45) is 62.6. The lowest BCUT2D eigenvalue weighted by Gasteiger charge is -2.21. The largest absolute Gasteiger partial charge is 0.472 e. The van der Waals surface area contributed by atoms with E-state index in [4.69, 9.17) is 37.0 Å². The van der Waals surface area contributed by atoms with Gasteiger partial charge in [-0.25, -0.2) is 9.13 Å². The van der Waals surface area contributed by atoms with Crippen molar-refractivity contribution in [3.05, 3.63) is 0 Å². The van der Waals surface area contributed by atoms with Gasteiger partial charge in [0.25, 0.3) is 0 Å². The van der Waals surface area contributed by atoms with Gasteiger partial charge in [-0.1, -0.05) is 362 Å². The topological polar surface area (TPSA) is 237 Å². The van der Waals surface area contributed by atoms with E-state index in [0.29, 0.717) is 25.7 Å². The Morgan fingerprint density at radius 3 is 0.615 bits per heavy atom. The standard InChI is InChI=1S/C77H150O17P2/c1-5-9-13-17-21-25-27-29-31-33-35-37-39-41-43-47-50-54-58-62-75(80)88-68-73(94-77(82)64-60-56-52-48-44-42-40-38-36-34-32-30-28-26-22-18-14-10-6-2)70-92-96(85,86)90-66-71(78)65-89-95(83,84)91-69-72(93-76(81)63-59-55-51-46-24-20-16-12-8-4)67-87-74(79)61-57-53-49-45-23-19-15-11-7-3/h71-73,78H,5-70H2,1-4H3,(H,83,84)(H,85,86)/t71-,72+,73+/m0/s1. The van der Waals surface area contributed by atoms with Crippen molar-refractivity contribution >= 4 is 39.5 Å². The molecule has 0 saturated carbocycles. The number of phosphoric acid groups is 2. The van der Waals surface area contributed by atoms with Gasteiger partial charge in [0.15, 0.2) is 12.2 Å². The van der Waals surface area contributed by atoms with Gasteiger partial charge in [-0.15, -0.1) is 0 Å². The second kappa shape index (κ2) is 71.5. The maximum Gasteiger partial charge on any atom is 0.472 e. The lowest BCUT2D eigenvalue weighted by atomic mass is 10.0. The molecule has 0 bridgehead atoms. The maximum atomic E-state index is 13.1. The minimum absolute atomic E-state index is 0.106. The molecule has 570 valence electrons. The maximum absolute atomic E-state index is 13.1. The Bertz CT molecular complexity index is 1830. The number of aliphatic hydroxyl groups excluding tert-OH is 1. The molecule has 0 aromatic carbocycles. The van der Waals surface area contributed by atoms with Crippen LogP contribution in [0.15, 0.2) is 0 Å². The Kier molecular flexibility index (Phi) is 70.0. The molecule has 0 radical (unpaired) electrons. The van der Waals surface area contributed by atoms with Gasteiger partial charge in [-0.05, 0) is 25.7 Å². The Morgan fingerprint density at radius 1 is 0.250 bits per heavy atom. The van der Waals surface area contributed by atoms with E-state index in [9.17, 15) is 43.2 Å². The van der Waals surface area contributed by atoms with Gasteiger partial charge < -0.3 is 33.8 Å². The summed E-state index contributed by atoms with van der Waals surface area (Å²) in [5.41, 5.74) is 0. The molecule has 19 heteroatoms. The molecule has 0 rings (SSSR count). The molecule has 96 heavy (non-hydrogen) atoms. The van der Waals surface area contributed by atoms with Crippen molar-refractivity contribution in [1.82, 2.24) is 0 Å². The highest BCUT2D eigenvalue weighted by Crippen LogP contribution is 2.45. The number of rotatable bonds is 78. The molecule has 0 fully saturated rings. The van der Waals surface area contributed by atoms with Crippen LogP contribution in [0.4, 0.5) is 0 Å². The summed E-state index contributed by atoms with van der Waals surface area (Å²) < 4.78 is 68.4. The van der Waals surface area contributed by atoms with E-state index in [1.54, 1.807) is 0 Å². The number of phosphoric ester groups is 2. The molecule has 0 aliphatic heterocycles. The van der Waals surface area contributed by atoms with E-state index in [2.05, 4.69) is 27.7 Å². The first-order valence-electron chi connectivity index (χ1n) is 40.3. The van der Waals surface area contributed by atoms with Crippen molar-refractivity contribution in [2.24, 2.45) is 0 Å². The van der Waals surface area contributed by atoms with Crippen LogP contribution in [0.1, 0.15) is 413 Å². The van der Waals surface area contributed by atoms with Crippen molar-refractivity contribution in [2.75, 3.05) is 39.6 Å². The average molecular weight is 1410 g/mol. The summed E-state index contributed by atoms with van der Waals surface area (Å²) in [6.45, 7) is 4.96. The van der Waals surface area contributed by atoms with E-state index in [-0.39, 0.29) is 25.7 Å². The molecular weight excluding hydrogens is 1260 g/mol. The Hall–Kier alpha value is -1.94. The van der Waals surface area contributed by atoms with Crippen LogP contribution in [-0.4, -0.2) is 96.7 Å². The predicted molar refractivity (Wildman–Crippen MR) is 391 cm³/mol. The second-order valence-electron chi connectivity index (χ2n) is 27.7. The van der Waals surface area contributed by atoms with Crippen LogP contribution in [0.2, 0.25) is 0 Å². The number of hydrogen-bond donors (Lipinski definition) is 3. The number of esters is 4. The van der Waals surface area contributed by atoms with E-state index < -0.39 is 97.5 Å². The monoisotopic (exact) mass is 1410 g/mol. The molecule has 0 aliphatic carbocycles. The van der Waals surface area contributed by atoms with Gasteiger partial charge in [0.2, 0.25) is 0 Å². The number of aliphatic hydroxyl groups is 1. The van der Waals surface area contributed by atoms with Crippen LogP contribution >= 0.6 is 15.6 Å². The van der Waals surface area contributed by atoms with E-state index in [0.717, 1.165) is 89.9 Å². The Labute approximate surface area is 588 Å². The lowest BCUT2D eigenvalue weighted by Crippen LogP contribution is -2.30. The van der Waals surface area contributed by atoms with E-state index in [1.165, 1.54) is 244 Å². The molecule has 0 aromatic rings. The molecule has 0 aromatic heterocycles. The highest BCUT2D eigenvalue weighted by Gasteiger charge is 2.30. The van der Waals surface area contributed by atoms with Gasteiger partial charge in [0.1, 0.15) is 19.3 Å². The third-order valence-corrected chi connectivity index (χ3v) is 20.0.